The van der Waals surface area contributed by atoms with Gasteiger partial charge in [-0.3, -0.25) is 0 Å². The van der Waals surface area contributed by atoms with Crippen molar-refractivity contribution in [3.8, 4) is 5.75 Å². The van der Waals surface area contributed by atoms with Gasteiger partial charge in [0, 0.05) is 5.69 Å². The van der Waals surface area contributed by atoms with Crippen LogP contribution in [0.4, 0.5) is 10.5 Å². The molecule has 0 heterocycles. The summed E-state index contributed by atoms with van der Waals surface area (Å²) in [5.41, 5.74) is 5.29. The number of aryl methyl sites for hydroxylation is 3. The lowest BCUT2D eigenvalue weighted by Gasteiger charge is -2.17. The van der Waals surface area contributed by atoms with Crippen molar-refractivity contribution in [1.82, 2.24) is 5.32 Å². The molecule has 0 aromatic heterocycles. The Morgan fingerprint density at radius 2 is 1.83 bits per heavy atom. The van der Waals surface area contributed by atoms with Crippen LogP contribution in [0.5, 0.6) is 5.75 Å². The van der Waals surface area contributed by atoms with Gasteiger partial charge in [0.25, 0.3) is 0 Å². The van der Waals surface area contributed by atoms with Gasteiger partial charge in [-0.15, -0.1) is 0 Å². The summed E-state index contributed by atoms with van der Waals surface area (Å²) in [7, 11) is 0. The average molecular weight is 326 g/mol. The van der Waals surface area contributed by atoms with E-state index >= 15 is 0 Å². The van der Waals surface area contributed by atoms with Crippen LogP contribution in [0.2, 0.25) is 0 Å². The number of carbonyl (C=O) groups excluding carboxylic acids is 1. The van der Waals surface area contributed by atoms with E-state index in [1.807, 2.05) is 51.1 Å². The van der Waals surface area contributed by atoms with Crippen molar-refractivity contribution in [3.63, 3.8) is 0 Å². The molecule has 0 saturated heterocycles. The van der Waals surface area contributed by atoms with Crippen molar-refractivity contribution in [2.45, 2.75) is 40.5 Å². The van der Waals surface area contributed by atoms with Crippen molar-refractivity contribution >= 4 is 11.7 Å². The number of amides is 2. The van der Waals surface area contributed by atoms with Crippen LogP contribution in [0.15, 0.2) is 36.4 Å². The first kappa shape index (κ1) is 17.9. The Bertz CT molecular complexity index is 724. The van der Waals surface area contributed by atoms with Gasteiger partial charge in [0.05, 0.1) is 0 Å². The lowest BCUT2D eigenvalue weighted by Crippen LogP contribution is -2.32. The molecule has 0 saturated carbocycles. The minimum absolute atomic E-state index is 0.124. The molecule has 0 bridgehead atoms. The molecule has 2 amide bonds. The Morgan fingerprint density at radius 1 is 1.08 bits per heavy atom. The van der Waals surface area contributed by atoms with Crippen LogP contribution in [-0.2, 0) is 0 Å². The zero-order valence-electron chi connectivity index (χ0n) is 15.1. The minimum Gasteiger partial charge on any atom is -0.473 e. The number of para-hydroxylation sites is 1. The monoisotopic (exact) mass is 326 g/mol. The molecule has 128 valence electrons. The second-order valence-corrected chi connectivity index (χ2v) is 6.38. The molecule has 0 atom stereocenters. The van der Waals surface area contributed by atoms with E-state index in [0.717, 1.165) is 28.1 Å². The molecule has 0 unspecified atom stereocenters. The van der Waals surface area contributed by atoms with Gasteiger partial charge in [-0.25, -0.2) is 4.79 Å². The molecule has 2 aromatic rings. The molecule has 0 aliphatic carbocycles. The van der Waals surface area contributed by atoms with Gasteiger partial charge in [-0.1, -0.05) is 49.7 Å². The van der Waals surface area contributed by atoms with Crippen LogP contribution in [0.3, 0.4) is 0 Å². The van der Waals surface area contributed by atoms with Crippen molar-refractivity contribution in [1.29, 1.82) is 0 Å². The fourth-order valence-corrected chi connectivity index (χ4v) is 2.64. The number of rotatable bonds is 5. The van der Waals surface area contributed by atoms with Crippen molar-refractivity contribution in [2.75, 3.05) is 12.0 Å². The molecule has 0 spiro atoms. The van der Waals surface area contributed by atoms with Crippen LogP contribution in [0.1, 0.15) is 42.0 Å². The molecule has 2 rings (SSSR count). The van der Waals surface area contributed by atoms with Gasteiger partial charge in [-0.2, -0.15) is 0 Å². The smallest absolute Gasteiger partial charge is 0.321 e. The van der Waals surface area contributed by atoms with Crippen molar-refractivity contribution < 1.29 is 9.53 Å². The summed E-state index contributed by atoms with van der Waals surface area (Å²) >= 11 is 0. The predicted molar refractivity (Wildman–Crippen MR) is 98.8 cm³/mol. The van der Waals surface area contributed by atoms with Crippen LogP contribution < -0.4 is 15.4 Å². The Kier molecular flexibility index (Phi) is 5.85. The number of benzene rings is 2. The molecular weight excluding hydrogens is 300 g/mol. The Labute approximate surface area is 144 Å². The Hall–Kier alpha value is -2.49. The summed E-state index contributed by atoms with van der Waals surface area (Å²) in [6.45, 7) is 10.4. The van der Waals surface area contributed by atoms with E-state index < -0.39 is 0 Å². The van der Waals surface area contributed by atoms with Gasteiger partial charge in [0.1, 0.15) is 5.75 Å². The second kappa shape index (κ2) is 7.86. The van der Waals surface area contributed by atoms with E-state index in [0.29, 0.717) is 5.92 Å². The Balaban J connectivity index is 1.95. The maximum Gasteiger partial charge on any atom is 0.321 e. The normalized spacial score (nSPS) is 10.6. The minimum atomic E-state index is -0.268. The predicted octanol–water partition coefficient (Wildman–Crippen LogP) is 4.89. The third-order valence-electron chi connectivity index (χ3n) is 3.96. The number of urea groups is 1. The van der Waals surface area contributed by atoms with E-state index in [1.54, 1.807) is 0 Å². The topological polar surface area (TPSA) is 50.4 Å². The first-order chi connectivity index (χ1) is 11.4. The molecule has 4 nitrogen and oxygen atoms in total. The number of hydrogen-bond acceptors (Lipinski definition) is 2. The molecule has 0 aliphatic heterocycles. The molecule has 2 aromatic carbocycles. The van der Waals surface area contributed by atoms with Gasteiger partial charge < -0.3 is 15.4 Å². The summed E-state index contributed by atoms with van der Waals surface area (Å²) < 4.78 is 5.64. The third kappa shape index (κ3) is 4.51. The number of carbonyl (C=O) groups is 1. The van der Waals surface area contributed by atoms with E-state index in [4.69, 9.17) is 4.74 Å². The van der Waals surface area contributed by atoms with E-state index in [1.165, 1.54) is 5.56 Å². The molecule has 2 N–H and O–H groups in total. The summed E-state index contributed by atoms with van der Waals surface area (Å²) in [5.74, 6) is 1.12. The molecule has 0 aliphatic rings. The summed E-state index contributed by atoms with van der Waals surface area (Å²) in [5, 5.41) is 5.68. The zero-order valence-corrected chi connectivity index (χ0v) is 15.1. The van der Waals surface area contributed by atoms with Crippen molar-refractivity contribution in [2.24, 2.45) is 0 Å². The summed E-state index contributed by atoms with van der Waals surface area (Å²) in [6.07, 6.45) is 0. The molecule has 4 heteroatoms. The number of hydrogen-bond donors (Lipinski definition) is 2. The highest BCUT2D eigenvalue weighted by Gasteiger charge is 2.11. The lowest BCUT2D eigenvalue weighted by molar-refractivity contribution is 0.234. The van der Waals surface area contributed by atoms with E-state index in [-0.39, 0.29) is 12.8 Å². The molecule has 0 fully saturated rings. The maximum atomic E-state index is 12.2. The van der Waals surface area contributed by atoms with Crippen LogP contribution in [0.25, 0.3) is 0 Å². The highest BCUT2D eigenvalue weighted by molar-refractivity contribution is 5.91. The van der Waals surface area contributed by atoms with Gasteiger partial charge in [0.2, 0.25) is 0 Å². The molecule has 0 radical (unpaired) electrons. The number of anilines is 1. The van der Waals surface area contributed by atoms with Gasteiger partial charge in [-0.05, 0) is 49.4 Å². The SMILES string of the molecule is Cc1ccc(OCNC(=O)Nc2c(C)cccc2C(C)C)c(C)c1. The summed E-state index contributed by atoms with van der Waals surface area (Å²) in [4.78, 5) is 12.2. The summed E-state index contributed by atoms with van der Waals surface area (Å²) in [6, 6.07) is 11.7. The second-order valence-electron chi connectivity index (χ2n) is 6.38. The van der Waals surface area contributed by atoms with Gasteiger partial charge in [0.15, 0.2) is 6.73 Å². The standard InChI is InChI=1S/C20H26N2O2/c1-13(2)17-8-6-7-15(4)19(17)22-20(23)21-12-24-18-10-9-14(3)11-16(18)5/h6-11,13H,12H2,1-5H3,(H2,21,22,23). The third-order valence-corrected chi connectivity index (χ3v) is 3.96. The van der Waals surface area contributed by atoms with Crippen LogP contribution >= 0.6 is 0 Å². The average Bonchev–Trinajstić information content (AvgIpc) is 2.51. The van der Waals surface area contributed by atoms with Gasteiger partial charge >= 0.3 is 6.03 Å². The largest absolute Gasteiger partial charge is 0.473 e. The zero-order chi connectivity index (χ0) is 17.7. The quantitative estimate of drug-likeness (QED) is 0.768. The van der Waals surface area contributed by atoms with E-state index in [2.05, 4.69) is 30.5 Å². The first-order valence-electron chi connectivity index (χ1n) is 8.23. The maximum absolute atomic E-state index is 12.2. The van der Waals surface area contributed by atoms with Crippen molar-refractivity contribution in [3.05, 3.63) is 58.7 Å². The number of nitrogens with one attached hydrogen (secondary N) is 2. The highest BCUT2D eigenvalue weighted by Crippen LogP contribution is 2.27. The fraction of sp³-hybridized carbons (Fsp3) is 0.350. The highest BCUT2D eigenvalue weighted by atomic mass is 16.5. The van der Waals surface area contributed by atoms with Crippen LogP contribution in [-0.4, -0.2) is 12.8 Å². The molecular formula is C20H26N2O2. The molecule has 24 heavy (non-hydrogen) atoms. The number of ether oxygens (including phenoxy) is 1. The fourth-order valence-electron chi connectivity index (χ4n) is 2.64. The van der Waals surface area contributed by atoms with Crippen LogP contribution in [0, 0.1) is 20.8 Å². The van der Waals surface area contributed by atoms with E-state index in [9.17, 15) is 4.79 Å². The first-order valence-corrected chi connectivity index (χ1v) is 8.23. The Morgan fingerprint density at radius 3 is 2.50 bits per heavy atom. The lowest BCUT2D eigenvalue weighted by atomic mass is 9.98.